The Morgan fingerprint density at radius 1 is 0.529 bits per heavy atom. The molecule has 0 saturated carbocycles. The van der Waals surface area contributed by atoms with E-state index in [0.29, 0.717) is 5.56 Å². The molecule has 0 aliphatic heterocycles. The van der Waals surface area contributed by atoms with E-state index >= 15 is 0 Å². The third kappa shape index (κ3) is 3.45. The van der Waals surface area contributed by atoms with Gasteiger partial charge in [0.05, 0.1) is 0 Å². The van der Waals surface area contributed by atoms with Crippen molar-refractivity contribution in [1.29, 1.82) is 0 Å². The maximum atomic E-state index is 13.9. The first-order valence-corrected chi connectivity index (χ1v) is 17.3. The average molecular weight is 552 g/mol. The summed E-state index contributed by atoms with van der Waals surface area (Å²) in [6.45, 7) is 0. The summed E-state index contributed by atoms with van der Waals surface area (Å²) in [6, 6.07) is 44.5. The van der Waals surface area contributed by atoms with Crippen LogP contribution in [0.4, 0.5) is 0 Å². The zero-order chi connectivity index (χ0) is 23.3. The van der Waals surface area contributed by atoms with Crippen molar-refractivity contribution in [3.63, 3.8) is 0 Å². The van der Waals surface area contributed by atoms with Crippen LogP contribution in [0.3, 0.4) is 0 Å². The van der Waals surface area contributed by atoms with Gasteiger partial charge in [0, 0.05) is 0 Å². The Labute approximate surface area is 201 Å². The SMILES string of the molecule is O=C([O][Sb]([c]1ccccc1)([c]1ccccc1)([c]1ccccc1)[c]1ccccc1)c1cccnc1. The molecule has 5 rings (SSSR count). The molecule has 0 saturated heterocycles. The molecular formula is C30H24NO2Sb. The van der Waals surface area contributed by atoms with Gasteiger partial charge >= 0.3 is 202 Å². The van der Waals surface area contributed by atoms with E-state index in [4.69, 9.17) is 3.02 Å². The molecule has 1 heterocycles. The van der Waals surface area contributed by atoms with Gasteiger partial charge in [0.15, 0.2) is 0 Å². The van der Waals surface area contributed by atoms with Crippen LogP contribution in [-0.4, -0.2) is 28.8 Å². The van der Waals surface area contributed by atoms with E-state index in [2.05, 4.69) is 53.5 Å². The van der Waals surface area contributed by atoms with Crippen LogP contribution in [0.15, 0.2) is 146 Å². The van der Waals surface area contributed by atoms with Gasteiger partial charge in [-0.15, -0.1) is 0 Å². The zero-order valence-electron chi connectivity index (χ0n) is 18.6. The summed E-state index contributed by atoms with van der Waals surface area (Å²) < 4.78 is 11.2. The van der Waals surface area contributed by atoms with Crippen molar-refractivity contribution in [3.8, 4) is 0 Å². The molecule has 5 aromatic rings. The summed E-state index contributed by atoms with van der Waals surface area (Å²) in [7, 11) is 0. The van der Waals surface area contributed by atoms with Crippen molar-refractivity contribution >= 4 is 37.8 Å². The minimum atomic E-state index is -5.20. The Hall–Kier alpha value is -3.68. The standard InChI is InChI=1S/C6H5NO2.4C6H5.Sb/c8-6(9)5-2-1-3-7-4-5;4*1-2-4-6-5-3-1;/h1-4H,(H,8,9);4*1-5H;/q;;;;;+1/p-1. The summed E-state index contributed by atoms with van der Waals surface area (Å²) in [6.07, 6.45) is 3.22. The van der Waals surface area contributed by atoms with Gasteiger partial charge in [-0.05, 0) is 0 Å². The van der Waals surface area contributed by atoms with E-state index in [1.165, 1.54) is 0 Å². The van der Waals surface area contributed by atoms with Crippen molar-refractivity contribution in [1.82, 2.24) is 4.98 Å². The molecule has 4 heteroatoms. The second kappa shape index (κ2) is 9.29. The van der Waals surface area contributed by atoms with Gasteiger partial charge in [0.2, 0.25) is 0 Å². The average Bonchev–Trinajstić information content (AvgIpc) is 2.94. The van der Waals surface area contributed by atoms with Crippen molar-refractivity contribution in [3.05, 3.63) is 151 Å². The number of rotatable bonds is 6. The number of hydrogen-bond donors (Lipinski definition) is 0. The Morgan fingerprint density at radius 3 is 1.24 bits per heavy atom. The van der Waals surface area contributed by atoms with Crippen LogP contribution in [0.5, 0.6) is 0 Å². The number of hydrogen-bond acceptors (Lipinski definition) is 3. The first-order chi connectivity index (χ1) is 16.8. The molecule has 3 nitrogen and oxygen atoms in total. The van der Waals surface area contributed by atoms with Gasteiger partial charge in [0.1, 0.15) is 0 Å². The molecule has 0 aliphatic carbocycles. The number of benzene rings is 4. The summed E-state index contributed by atoms with van der Waals surface area (Å²) in [4.78, 5) is 18.1. The van der Waals surface area contributed by atoms with Gasteiger partial charge in [-0.25, -0.2) is 0 Å². The molecule has 1 aromatic heterocycles. The fourth-order valence-electron chi connectivity index (χ4n) is 4.66. The van der Waals surface area contributed by atoms with E-state index in [-0.39, 0.29) is 5.97 Å². The molecule has 0 spiro atoms. The van der Waals surface area contributed by atoms with Crippen LogP contribution in [0, 0.1) is 0 Å². The number of carbonyl (C=O) groups excluding carboxylic acids is 1. The van der Waals surface area contributed by atoms with Gasteiger partial charge in [-0.3, -0.25) is 0 Å². The second-order valence-electron chi connectivity index (χ2n) is 8.00. The van der Waals surface area contributed by atoms with E-state index in [1.54, 1.807) is 24.5 Å². The fraction of sp³-hybridized carbons (Fsp3) is 0. The molecular weight excluding hydrogens is 528 g/mol. The van der Waals surface area contributed by atoms with Crippen molar-refractivity contribution < 1.29 is 7.81 Å². The molecule has 0 N–H and O–H groups in total. The van der Waals surface area contributed by atoms with Crippen LogP contribution in [-0.2, 0) is 3.02 Å². The van der Waals surface area contributed by atoms with Crippen LogP contribution in [0.25, 0.3) is 0 Å². The summed E-state index contributed by atoms with van der Waals surface area (Å²) in [5.41, 5.74) is 0.430. The molecule has 0 atom stereocenters. The Balaban J connectivity index is 1.98. The van der Waals surface area contributed by atoms with Crippen molar-refractivity contribution in [2.45, 2.75) is 0 Å². The molecule has 4 aromatic carbocycles. The Bertz CT molecular complexity index is 1210. The normalized spacial score (nSPS) is 12.3. The van der Waals surface area contributed by atoms with E-state index < -0.39 is 17.8 Å². The monoisotopic (exact) mass is 551 g/mol. The van der Waals surface area contributed by atoms with Crippen molar-refractivity contribution in [2.24, 2.45) is 0 Å². The van der Waals surface area contributed by atoms with Gasteiger partial charge in [-0.1, -0.05) is 0 Å². The van der Waals surface area contributed by atoms with Crippen molar-refractivity contribution in [2.75, 3.05) is 0 Å². The molecule has 0 bridgehead atoms. The third-order valence-electron chi connectivity index (χ3n) is 6.16. The molecule has 166 valence electrons. The minimum absolute atomic E-state index is 0.379. The quantitative estimate of drug-likeness (QED) is 0.302. The number of aromatic nitrogens is 1. The van der Waals surface area contributed by atoms with Crippen LogP contribution in [0.2, 0.25) is 0 Å². The summed E-state index contributed by atoms with van der Waals surface area (Å²) in [5, 5.41) is 0. The molecule has 0 unspecified atom stereocenters. The summed E-state index contributed by atoms with van der Waals surface area (Å²) in [5.74, 6) is -0.379. The third-order valence-corrected chi connectivity index (χ3v) is 22.3. The first-order valence-electron chi connectivity index (χ1n) is 11.1. The molecule has 0 amide bonds. The van der Waals surface area contributed by atoms with Gasteiger partial charge in [-0.2, -0.15) is 0 Å². The predicted molar refractivity (Wildman–Crippen MR) is 140 cm³/mol. The van der Waals surface area contributed by atoms with E-state index in [9.17, 15) is 4.79 Å². The topological polar surface area (TPSA) is 39.2 Å². The van der Waals surface area contributed by atoms with Crippen LogP contribution < -0.4 is 14.0 Å². The number of carbonyl (C=O) groups is 1. The molecule has 0 fully saturated rings. The van der Waals surface area contributed by atoms with E-state index in [0.717, 1.165) is 14.0 Å². The maximum absolute atomic E-state index is 13.9. The second-order valence-corrected chi connectivity index (χ2v) is 20.3. The van der Waals surface area contributed by atoms with Gasteiger partial charge in [0.25, 0.3) is 0 Å². The number of pyridine rings is 1. The molecule has 0 radical (unpaired) electrons. The van der Waals surface area contributed by atoms with Crippen LogP contribution >= 0.6 is 0 Å². The zero-order valence-corrected chi connectivity index (χ0v) is 21.1. The first kappa shape index (κ1) is 22.1. The fourth-order valence-corrected chi connectivity index (χ4v) is 20.7. The summed E-state index contributed by atoms with van der Waals surface area (Å²) >= 11 is -5.20. The van der Waals surface area contributed by atoms with Crippen LogP contribution in [0.1, 0.15) is 10.4 Å². The predicted octanol–water partition coefficient (Wildman–Crippen LogP) is 3.77. The number of nitrogens with zero attached hydrogens (tertiary/aromatic N) is 1. The van der Waals surface area contributed by atoms with Gasteiger partial charge < -0.3 is 0 Å². The Morgan fingerprint density at radius 2 is 0.912 bits per heavy atom. The Kier molecular flexibility index (Phi) is 6.04. The van der Waals surface area contributed by atoms with E-state index in [1.807, 2.05) is 72.8 Å². The molecule has 34 heavy (non-hydrogen) atoms. The molecule has 0 aliphatic rings.